The Labute approximate surface area is 129 Å². The second-order valence-electron chi connectivity index (χ2n) is 3.90. The smallest absolute Gasteiger partial charge is 0.302 e. The molecule has 0 atom stereocenters. The summed E-state index contributed by atoms with van der Waals surface area (Å²) in [6.45, 7) is -0.140. The van der Waals surface area contributed by atoms with Crippen LogP contribution in [0.2, 0.25) is 10.0 Å². The molecule has 0 aliphatic carbocycles. The Kier molecular flexibility index (Phi) is 5.87. The standard InChI is InChI=1S/C10H9Cl2FN2O5S/c11-8-5-6(15(17)18)4-7(9(8)12)10(16)14-2-1-3-21(13,19)20/h4-5H,1-3H2,(H,14,16). The highest BCUT2D eigenvalue weighted by atomic mass is 35.5. The molecular formula is C10H9Cl2FN2O5S. The minimum Gasteiger partial charge on any atom is -0.352 e. The Morgan fingerprint density at radius 2 is 2.00 bits per heavy atom. The first kappa shape index (κ1) is 17.6. The highest BCUT2D eigenvalue weighted by molar-refractivity contribution is 7.86. The summed E-state index contributed by atoms with van der Waals surface area (Å²) in [5.74, 6) is -1.52. The van der Waals surface area contributed by atoms with E-state index in [1.165, 1.54) is 0 Å². The van der Waals surface area contributed by atoms with Gasteiger partial charge in [0.1, 0.15) is 0 Å². The van der Waals surface area contributed by atoms with Gasteiger partial charge in [-0.15, -0.1) is 3.89 Å². The molecule has 0 bridgehead atoms. The lowest BCUT2D eigenvalue weighted by atomic mass is 10.2. The highest BCUT2D eigenvalue weighted by Gasteiger charge is 2.19. The average molecular weight is 359 g/mol. The number of nitro groups is 1. The molecule has 1 N–H and O–H groups in total. The molecule has 1 amide bonds. The van der Waals surface area contributed by atoms with Crippen LogP contribution in [0.1, 0.15) is 16.8 Å². The van der Waals surface area contributed by atoms with Crippen LogP contribution in [-0.2, 0) is 10.2 Å². The number of amides is 1. The summed E-state index contributed by atoms with van der Waals surface area (Å²) in [6.07, 6.45) is -0.148. The van der Waals surface area contributed by atoms with E-state index in [2.05, 4.69) is 5.32 Å². The summed E-state index contributed by atoms with van der Waals surface area (Å²) >= 11 is 11.5. The number of rotatable bonds is 6. The van der Waals surface area contributed by atoms with Gasteiger partial charge in [0.05, 0.1) is 26.3 Å². The maximum atomic E-state index is 12.2. The van der Waals surface area contributed by atoms with Crippen LogP contribution in [0.25, 0.3) is 0 Å². The lowest BCUT2D eigenvalue weighted by Gasteiger charge is -2.07. The van der Waals surface area contributed by atoms with Gasteiger partial charge < -0.3 is 5.32 Å². The van der Waals surface area contributed by atoms with E-state index in [0.29, 0.717) is 0 Å². The van der Waals surface area contributed by atoms with Crippen LogP contribution in [0.4, 0.5) is 9.57 Å². The second kappa shape index (κ2) is 7.01. The van der Waals surface area contributed by atoms with E-state index in [9.17, 15) is 27.2 Å². The molecule has 1 aromatic rings. The SMILES string of the molecule is O=C(NCCCS(=O)(=O)F)c1cc([N+](=O)[O-])cc(Cl)c1Cl. The molecule has 0 saturated carbocycles. The zero-order valence-corrected chi connectivity index (χ0v) is 12.6. The van der Waals surface area contributed by atoms with Gasteiger partial charge in [-0.3, -0.25) is 14.9 Å². The van der Waals surface area contributed by atoms with Crippen molar-refractivity contribution >= 4 is 45.0 Å². The summed E-state index contributed by atoms with van der Waals surface area (Å²) in [7, 11) is -4.61. The fourth-order valence-corrected chi connectivity index (χ4v) is 2.28. The first-order chi connectivity index (χ1) is 9.61. The van der Waals surface area contributed by atoms with Crippen molar-refractivity contribution in [1.29, 1.82) is 0 Å². The zero-order chi connectivity index (χ0) is 16.2. The third-order valence-corrected chi connectivity index (χ3v) is 3.90. The molecule has 0 unspecified atom stereocenters. The number of hydrogen-bond donors (Lipinski definition) is 1. The lowest BCUT2D eigenvalue weighted by molar-refractivity contribution is -0.384. The number of halogens is 3. The minimum atomic E-state index is -4.61. The van der Waals surface area contributed by atoms with E-state index >= 15 is 0 Å². The van der Waals surface area contributed by atoms with Crippen LogP contribution in [0.5, 0.6) is 0 Å². The number of nitrogens with one attached hydrogen (secondary N) is 1. The van der Waals surface area contributed by atoms with Crippen molar-refractivity contribution in [3.05, 3.63) is 37.9 Å². The molecule has 11 heteroatoms. The zero-order valence-electron chi connectivity index (χ0n) is 10.3. The quantitative estimate of drug-likeness (QED) is 0.363. The first-order valence-corrected chi connectivity index (χ1v) is 7.76. The number of hydrogen-bond acceptors (Lipinski definition) is 5. The van der Waals surface area contributed by atoms with Crippen LogP contribution in [0.15, 0.2) is 12.1 Å². The van der Waals surface area contributed by atoms with Crippen LogP contribution >= 0.6 is 23.2 Å². The van der Waals surface area contributed by atoms with Gasteiger partial charge in [0, 0.05) is 18.7 Å². The highest BCUT2D eigenvalue weighted by Crippen LogP contribution is 2.30. The normalized spacial score (nSPS) is 11.2. The Morgan fingerprint density at radius 3 is 2.52 bits per heavy atom. The summed E-state index contributed by atoms with van der Waals surface area (Å²) in [4.78, 5) is 21.7. The van der Waals surface area contributed by atoms with Crippen LogP contribution in [-0.4, -0.2) is 31.5 Å². The summed E-state index contributed by atoms with van der Waals surface area (Å²) in [6, 6.07) is 1.94. The van der Waals surface area contributed by atoms with Gasteiger partial charge in [0.25, 0.3) is 11.6 Å². The minimum absolute atomic E-state index is 0.140. The molecule has 0 fully saturated rings. The van der Waals surface area contributed by atoms with Gasteiger partial charge in [0.2, 0.25) is 0 Å². The van der Waals surface area contributed by atoms with Gasteiger partial charge in [0.15, 0.2) is 0 Å². The summed E-state index contributed by atoms with van der Waals surface area (Å²) in [5.41, 5.74) is -0.639. The van der Waals surface area contributed by atoms with E-state index in [1.54, 1.807) is 0 Å². The van der Waals surface area contributed by atoms with Crippen molar-refractivity contribution < 1.29 is 22.0 Å². The van der Waals surface area contributed by atoms with Crippen LogP contribution in [0, 0.1) is 10.1 Å². The predicted molar refractivity (Wildman–Crippen MR) is 75.0 cm³/mol. The number of carbonyl (C=O) groups is 1. The first-order valence-electron chi connectivity index (χ1n) is 5.46. The second-order valence-corrected chi connectivity index (χ2v) is 6.17. The fourth-order valence-electron chi connectivity index (χ4n) is 1.39. The maximum absolute atomic E-state index is 12.2. The largest absolute Gasteiger partial charge is 0.352 e. The van der Waals surface area contributed by atoms with E-state index in [-0.39, 0.29) is 28.6 Å². The van der Waals surface area contributed by atoms with Gasteiger partial charge >= 0.3 is 10.2 Å². The predicted octanol–water partition coefficient (Wildman–Crippen LogP) is 2.32. The number of benzene rings is 1. The van der Waals surface area contributed by atoms with Crippen molar-refractivity contribution in [2.75, 3.05) is 12.3 Å². The lowest BCUT2D eigenvalue weighted by Crippen LogP contribution is -2.26. The number of nitrogens with zero attached hydrogens (tertiary/aromatic N) is 1. The van der Waals surface area contributed by atoms with Crippen LogP contribution < -0.4 is 5.32 Å². The molecule has 0 aliphatic rings. The Hall–Kier alpha value is -1.45. The molecular weight excluding hydrogens is 350 g/mol. The van der Waals surface area contributed by atoms with E-state index in [1.807, 2.05) is 0 Å². The van der Waals surface area contributed by atoms with E-state index in [4.69, 9.17) is 23.2 Å². The topological polar surface area (TPSA) is 106 Å². The number of nitro benzene ring substituents is 1. The van der Waals surface area contributed by atoms with Gasteiger partial charge in [-0.2, -0.15) is 8.42 Å². The maximum Gasteiger partial charge on any atom is 0.302 e. The summed E-state index contributed by atoms with van der Waals surface area (Å²) < 4.78 is 32.8. The van der Waals surface area contributed by atoms with E-state index in [0.717, 1.165) is 12.1 Å². The van der Waals surface area contributed by atoms with Gasteiger partial charge in [-0.25, -0.2) is 0 Å². The van der Waals surface area contributed by atoms with Crippen molar-refractivity contribution in [1.82, 2.24) is 5.32 Å². The molecule has 0 heterocycles. The molecule has 0 aliphatic heterocycles. The van der Waals surface area contributed by atoms with Crippen molar-refractivity contribution in [3.8, 4) is 0 Å². The molecule has 0 aromatic heterocycles. The fraction of sp³-hybridized carbons (Fsp3) is 0.300. The molecule has 116 valence electrons. The molecule has 1 aromatic carbocycles. The molecule has 0 spiro atoms. The third-order valence-electron chi connectivity index (χ3n) is 2.32. The Balaban J connectivity index is 2.80. The third kappa shape index (κ3) is 5.44. The van der Waals surface area contributed by atoms with Crippen LogP contribution in [0.3, 0.4) is 0 Å². The van der Waals surface area contributed by atoms with E-state index < -0.39 is 32.5 Å². The summed E-state index contributed by atoms with van der Waals surface area (Å²) in [5, 5.41) is 12.6. The monoisotopic (exact) mass is 358 g/mol. The Bertz CT molecular complexity index is 680. The average Bonchev–Trinajstić information content (AvgIpc) is 2.36. The van der Waals surface area contributed by atoms with Gasteiger partial charge in [-0.05, 0) is 6.42 Å². The molecule has 21 heavy (non-hydrogen) atoms. The molecule has 0 saturated heterocycles. The Morgan fingerprint density at radius 1 is 1.38 bits per heavy atom. The van der Waals surface area contributed by atoms with Crippen molar-refractivity contribution in [3.63, 3.8) is 0 Å². The molecule has 7 nitrogen and oxygen atoms in total. The number of carbonyl (C=O) groups excluding carboxylic acids is 1. The van der Waals surface area contributed by atoms with Crippen molar-refractivity contribution in [2.45, 2.75) is 6.42 Å². The number of non-ortho nitro benzene ring substituents is 1. The van der Waals surface area contributed by atoms with Crippen molar-refractivity contribution in [2.24, 2.45) is 0 Å². The van der Waals surface area contributed by atoms with Gasteiger partial charge in [-0.1, -0.05) is 23.2 Å². The molecule has 0 radical (unpaired) electrons. The molecule has 1 rings (SSSR count).